The first-order valence-corrected chi connectivity index (χ1v) is 6.98. The molecule has 1 aromatic rings. The predicted octanol–water partition coefficient (Wildman–Crippen LogP) is 1.80. The number of aromatic amines is 1. The maximum Gasteiger partial charge on any atom is 0.410 e. The Labute approximate surface area is 122 Å². The lowest BCUT2D eigenvalue weighted by Crippen LogP contribution is -2.42. The first kappa shape index (κ1) is 14.8. The van der Waals surface area contributed by atoms with E-state index in [9.17, 15) is 9.59 Å². The van der Waals surface area contributed by atoms with Crippen molar-refractivity contribution in [2.75, 3.05) is 6.54 Å². The quantitative estimate of drug-likeness (QED) is 0.802. The number of carbonyl (C=O) groups excluding carboxylic acids is 1. The summed E-state index contributed by atoms with van der Waals surface area (Å²) in [6, 6.07) is 0. The summed E-state index contributed by atoms with van der Waals surface area (Å²) in [6.45, 7) is 6.18. The Kier molecular flexibility index (Phi) is 4.04. The van der Waals surface area contributed by atoms with Crippen molar-refractivity contribution in [3.8, 4) is 0 Å². The van der Waals surface area contributed by atoms with Gasteiger partial charge in [-0.2, -0.15) is 0 Å². The third-order valence-corrected chi connectivity index (χ3v) is 3.15. The van der Waals surface area contributed by atoms with E-state index >= 15 is 0 Å². The first-order valence-electron chi connectivity index (χ1n) is 6.45. The number of rotatable bonds is 1. The molecule has 6 nitrogen and oxygen atoms in total. The Morgan fingerprint density at radius 1 is 1.50 bits per heavy atom. The van der Waals surface area contributed by atoms with Gasteiger partial charge in [-0.05, 0) is 27.2 Å². The van der Waals surface area contributed by atoms with Crippen molar-refractivity contribution in [2.24, 2.45) is 0 Å². The van der Waals surface area contributed by atoms with E-state index in [0.717, 1.165) is 0 Å². The molecule has 1 amide bonds. The summed E-state index contributed by atoms with van der Waals surface area (Å²) in [5.74, 6) is 0.552. The van der Waals surface area contributed by atoms with Crippen LogP contribution in [-0.2, 0) is 23.6 Å². The van der Waals surface area contributed by atoms with E-state index in [1.54, 1.807) is 4.90 Å². The highest BCUT2D eigenvalue weighted by Crippen LogP contribution is 2.17. The molecule has 0 spiro atoms. The van der Waals surface area contributed by atoms with E-state index < -0.39 is 11.7 Å². The lowest BCUT2D eigenvalue weighted by atomic mass is 10.1. The minimum absolute atomic E-state index is 0.134. The van der Waals surface area contributed by atoms with E-state index in [-0.39, 0.29) is 18.0 Å². The van der Waals surface area contributed by atoms with Crippen molar-refractivity contribution in [3.05, 3.63) is 27.4 Å². The zero-order valence-electron chi connectivity index (χ0n) is 11.8. The number of hydrogen-bond donors (Lipinski definition) is 1. The molecule has 0 saturated carbocycles. The third-order valence-electron chi connectivity index (χ3n) is 2.90. The SMILES string of the molecule is CC(C)(C)OC(=O)N1CCc2c(nc(CCl)[nH]c2=O)C1. The maximum atomic E-state index is 12.0. The van der Waals surface area contributed by atoms with Crippen molar-refractivity contribution in [1.29, 1.82) is 0 Å². The second-order valence-corrected chi connectivity index (χ2v) is 5.99. The lowest BCUT2D eigenvalue weighted by molar-refractivity contribution is 0.0220. The number of carbonyl (C=O) groups is 1. The molecule has 110 valence electrons. The van der Waals surface area contributed by atoms with Crippen LogP contribution in [0.2, 0.25) is 0 Å². The van der Waals surface area contributed by atoms with E-state index in [1.807, 2.05) is 20.8 Å². The normalized spacial score (nSPS) is 14.9. The first-order chi connectivity index (χ1) is 9.30. The van der Waals surface area contributed by atoms with Crippen LogP contribution in [0.1, 0.15) is 37.9 Å². The van der Waals surface area contributed by atoms with Crippen LogP contribution in [0, 0.1) is 0 Å². The van der Waals surface area contributed by atoms with Gasteiger partial charge in [0.25, 0.3) is 5.56 Å². The highest BCUT2D eigenvalue weighted by atomic mass is 35.5. The number of hydrogen-bond acceptors (Lipinski definition) is 4. The summed E-state index contributed by atoms with van der Waals surface area (Å²) in [4.78, 5) is 32.4. The number of amides is 1. The number of nitrogens with zero attached hydrogens (tertiary/aromatic N) is 2. The van der Waals surface area contributed by atoms with Gasteiger partial charge in [-0.1, -0.05) is 0 Å². The number of ether oxygens (including phenoxy) is 1. The number of alkyl halides is 1. The van der Waals surface area contributed by atoms with Gasteiger partial charge in [0.15, 0.2) is 0 Å². The average molecular weight is 300 g/mol. The summed E-state index contributed by atoms with van der Waals surface area (Å²) in [5.41, 5.74) is 0.509. The summed E-state index contributed by atoms with van der Waals surface area (Å²) in [7, 11) is 0. The van der Waals surface area contributed by atoms with Gasteiger partial charge in [0.2, 0.25) is 0 Å². The summed E-state index contributed by atoms with van der Waals surface area (Å²) < 4.78 is 5.33. The van der Waals surface area contributed by atoms with E-state index in [1.165, 1.54) is 0 Å². The van der Waals surface area contributed by atoms with Crippen molar-refractivity contribution >= 4 is 17.7 Å². The van der Waals surface area contributed by atoms with Gasteiger partial charge in [0.1, 0.15) is 11.4 Å². The highest BCUT2D eigenvalue weighted by molar-refractivity contribution is 6.16. The zero-order valence-corrected chi connectivity index (χ0v) is 12.6. The molecule has 0 fully saturated rings. The maximum absolute atomic E-state index is 12.0. The molecule has 2 rings (SSSR count). The van der Waals surface area contributed by atoms with E-state index in [2.05, 4.69) is 9.97 Å². The van der Waals surface area contributed by atoms with Gasteiger partial charge >= 0.3 is 6.09 Å². The van der Waals surface area contributed by atoms with Crippen LogP contribution >= 0.6 is 11.6 Å². The molecule has 1 aliphatic rings. The molecule has 1 aliphatic heterocycles. The Hall–Kier alpha value is -1.56. The summed E-state index contributed by atoms with van der Waals surface area (Å²) in [6.07, 6.45) is 0.0806. The van der Waals surface area contributed by atoms with Crippen LogP contribution < -0.4 is 5.56 Å². The predicted molar refractivity (Wildman–Crippen MR) is 74.8 cm³/mol. The number of halogens is 1. The molecule has 2 heterocycles. The molecule has 0 saturated heterocycles. The van der Waals surface area contributed by atoms with Crippen molar-refractivity contribution in [3.63, 3.8) is 0 Å². The minimum atomic E-state index is -0.541. The fourth-order valence-corrected chi connectivity index (χ4v) is 2.16. The van der Waals surface area contributed by atoms with Gasteiger partial charge in [-0.15, -0.1) is 11.6 Å². The topological polar surface area (TPSA) is 75.3 Å². The Balaban J connectivity index is 2.20. The molecule has 1 N–H and O–H groups in total. The van der Waals surface area contributed by atoms with Gasteiger partial charge in [-0.3, -0.25) is 4.79 Å². The van der Waals surface area contributed by atoms with Crippen LogP contribution in [0.4, 0.5) is 4.79 Å². The van der Waals surface area contributed by atoms with Crippen LogP contribution in [0.25, 0.3) is 0 Å². The summed E-state index contributed by atoms with van der Waals surface area (Å²) in [5, 5.41) is 0. The smallest absolute Gasteiger partial charge is 0.410 e. The van der Waals surface area contributed by atoms with Crippen molar-refractivity contribution in [1.82, 2.24) is 14.9 Å². The largest absolute Gasteiger partial charge is 0.444 e. The number of H-pyrrole nitrogens is 1. The van der Waals surface area contributed by atoms with Crippen LogP contribution in [0.5, 0.6) is 0 Å². The minimum Gasteiger partial charge on any atom is -0.444 e. The number of aromatic nitrogens is 2. The van der Waals surface area contributed by atoms with Crippen molar-refractivity contribution in [2.45, 2.75) is 45.2 Å². The van der Waals surface area contributed by atoms with Crippen LogP contribution in [0.3, 0.4) is 0 Å². The second-order valence-electron chi connectivity index (χ2n) is 5.72. The summed E-state index contributed by atoms with van der Waals surface area (Å²) >= 11 is 5.69. The van der Waals surface area contributed by atoms with Gasteiger partial charge in [-0.25, -0.2) is 9.78 Å². The van der Waals surface area contributed by atoms with E-state index in [4.69, 9.17) is 16.3 Å². The molecule has 1 aromatic heterocycles. The molecule has 7 heteroatoms. The fourth-order valence-electron chi connectivity index (χ4n) is 2.04. The second kappa shape index (κ2) is 5.44. The van der Waals surface area contributed by atoms with Crippen LogP contribution in [-0.4, -0.2) is 33.1 Å². The fraction of sp³-hybridized carbons (Fsp3) is 0.615. The van der Waals surface area contributed by atoms with E-state index in [0.29, 0.717) is 30.0 Å². The van der Waals surface area contributed by atoms with Crippen molar-refractivity contribution < 1.29 is 9.53 Å². The molecular weight excluding hydrogens is 282 g/mol. The number of nitrogens with one attached hydrogen (secondary N) is 1. The van der Waals surface area contributed by atoms with Gasteiger partial charge < -0.3 is 14.6 Å². The lowest BCUT2D eigenvalue weighted by Gasteiger charge is -2.30. The molecule has 20 heavy (non-hydrogen) atoms. The third kappa shape index (κ3) is 3.30. The Morgan fingerprint density at radius 2 is 2.20 bits per heavy atom. The highest BCUT2D eigenvalue weighted by Gasteiger charge is 2.27. The monoisotopic (exact) mass is 299 g/mol. The molecule has 0 bridgehead atoms. The molecule has 0 unspecified atom stereocenters. The molecule has 0 atom stereocenters. The average Bonchev–Trinajstić information content (AvgIpc) is 2.35. The molecule has 0 aliphatic carbocycles. The number of fused-ring (bicyclic) bond motifs is 1. The van der Waals surface area contributed by atoms with Gasteiger partial charge in [0, 0.05) is 12.1 Å². The molecule has 0 radical (unpaired) electrons. The molecule has 0 aromatic carbocycles. The standard InChI is InChI=1S/C13H18ClN3O3/c1-13(2,3)20-12(19)17-5-4-8-9(7-17)15-10(6-14)16-11(8)18/h4-7H2,1-3H3,(H,15,16,18). The molecular formula is C13H18ClN3O3. The van der Waals surface area contributed by atoms with Crippen LogP contribution in [0.15, 0.2) is 4.79 Å². The van der Waals surface area contributed by atoms with Gasteiger partial charge in [0.05, 0.1) is 18.1 Å². The Bertz CT molecular complexity index is 577. The zero-order chi connectivity index (χ0) is 14.9. The Morgan fingerprint density at radius 3 is 2.80 bits per heavy atom.